The summed E-state index contributed by atoms with van der Waals surface area (Å²) in [6.07, 6.45) is 1.58. The van der Waals surface area contributed by atoms with Crippen molar-refractivity contribution in [3.63, 3.8) is 0 Å². The van der Waals surface area contributed by atoms with Gasteiger partial charge in [-0.05, 0) is 55.3 Å². The van der Waals surface area contributed by atoms with E-state index in [1.54, 1.807) is 24.4 Å². The van der Waals surface area contributed by atoms with Crippen LogP contribution in [0.4, 0.5) is 17.2 Å². The fourth-order valence-electron chi connectivity index (χ4n) is 2.18. The van der Waals surface area contributed by atoms with Gasteiger partial charge in [0.2, 0.25) is 0 Å². The van der Waals surface area contributed by atoms with Crippen molar-refractivity contribution in [2.45, 2.75) is 18.1 Å². The van der Waals surface area contributed by atoms with Gasteiger partial charge in [0.15, 0.2) is 0 Å². The summed E-state index contributed by atoms with van der Waals surface area (Å²) in [6.45, 7) is 4.04. The highest BCUT2D eigenvalue weighted by Crippen LogP contribution is 2.27. The zero-order valence-corrected chi connectivity index (χ0v) is 16.0. The van der Waals surface area contributed by atoms with E-state index in [4.69, 9.17) is 11.6 Å². The van der Waals surface area contributed by atoms with Crippen LogP contribution in [-0.2, 0) is 10.0 Å². The third-order valence-corrected chi connectivity index (χ3v) is 6.57. The first-order valence-electron chi connectivity index (χ1n) is 7.42. The monoisotopic (exact) mass is 393 g/mol. The lowest BCUT2D eigenvalue weighted by Gasteiger charge is -2.11. The maximum absolute atomic E-state index is 12.3. The summed E-state index contributed by atoms with van der Waals surface area (Å²) in [7, 11) is -3.68. The fraction of sp³-hybridized carbons (Fsp3) is 0.118. The lowest BCUT2D eigenvalue weighted by molar-refractivity contribution is 0.603. The maximum Gasteiger partial charge on any atom is 0.272 e. The van der Waals surface area contributed by atoms with E-state index >= 15 is 0 Å². The normalized spacial score (nSPS) is 11.3. The molecule has 0 atom stereocenters. The first kappa shape index (κ1) is 17.7. The van der Waals surface area contributed by atoms with Crippen molar-refractivity contribution in [2.75, 3.05) is 10.0 Å². The van der Waals surface area contributed by atoms with E-state index in [1.165, 1.54) is 6.07 Å². The Bertz CT molecular complexity index is 999. The number of hydrogen-bond donors (Lipinski definition) is 2. The second kappa shape index (κ2) is 7.03. The fourth-order valence-corrected chi connectivity index (χ4v) is 4.68. The Labute approximate surface area is 155 Å². The highest BCUT2D eigenvalue weighted by Gasteiger charge is 2.17. The molecule has 0 radical (unpaired) electrons. The van der Waals surface area contributed by atoms with Crippen molar-refractivity contribution in [1.82, 2.24) is 4.98 Å². The summed E-state index contributed by atoms with van der Waals surface area (Å²) in [5.41, 5.74) is 4.03. The van der Waals surface area contributed by atoms with E-state index in [9.17, 15) is 8.42 Å². The number of nitrogens with zero attached hydrogens (tertiary/aromatic N) is 1. The van der Waals surface area contributed by atoms with Crippen molar-refractivity contribution >= 4 is 50.2 Å². The molecule has 0 bridgehead atoms. The molecule has 3 rings (SSSR count). The Hall–Kier alpha value is -2.09. The molecule has 2 aromatic heterocycles. The third kappa shape index (κ3) is 4.31. The van der Waals surface area contributed by atoms with Gasteiger partial charge in [-0.25, -0.2) is 13.4 Å². The molecule has 0 unspecified atom stereocenters. The Morgan fingerprint density at radius 1 is 1.08 bits per heavy atom. The number of aromatic nitrogens is 1. The lowest BCUT2D eigenvalue weighted by Crippen LogP contribution is -2.12. The predicted octanol–water partition coefficient (Wildman–Crippen LogP) is 4.96. The Morgan fingerprint density at radius 2 is 1.88 bits per heavy atom. The molecule has 2 N–H and O–H groups in total. The molecule has 130 valence electrons. The summed E-state index contributed by atoms with van der Waals surface area (Å²) < 4.78 is 27.5. The van der Waals surface area contributed by atoms with E-state index in [-0.39, 0.29) is 10.0 Å². The van der Waals surface area contributed by atoms with Crippen LogP contribution in [0.15, 0.2) is 52.9 Å². The van der Waals surface area contributed by atoms with Crippen LogP contribution in [0.25, 0.3) is 0 Å². The van der Waals surface area contributed by atoms with Crippen LogP contribution in [-0.4, -0.2) is 13.4 Å². The highest BCUT2D eigenvalue weighted by atomic mass is 35.5. The highest BCUT2D eigenvalue weighted by molar-refractivity contribution is 7.94. The van der Waals surface area contributed by atoms with Crippen LogP contribution in [0.5, 0.6) is 0 Å². The average Bonchev–Trinajstić information content (AvgIpc) is 3.00. The van der Waals surface area contributed by atoms with Crippen molar-refractivity contribution in [2.24, 2.45) is 0 Å². The number of halogens is 1. The van der Waals surface area contributed by atoms with Gasteiger partial charge in [0.25, 0.3) is 10.0 Å². The van der Waals surface area contributed by atoms with Crippen LogP contribution in [0.1, 0.15) is 11.1 Å². The van der Waals surface area contributed by atoms with Gasteiger partial charge in [-0.1, -0.05) is 23.7 Å². The molecule has 2 heterocycles. The Balaban J connectivity index is 1.75. The van der Waals surface area contributed by atoms with Crippen molar-refractivity contribution in [1.29, 1.82) is 0 Å². The number of pyridine rings is 1. The number of aryl methyl sites for hydroxylation is 2. The van der Waals surface area contributed by atoms with Gasteiger partial charge >= 0.3 is 0 Å². The van der Waals surface area contributed by atoms with Crippen molar-refractivity contribution < 1.29 is 8.42 Å². The smallest absolute Gasteiger partial charge is 0.272 e. The van der Waals surface area contributed by atoms with E-state index in [2.05, 4.69) is 15.0 Å². The predicted molar refractivity (Wildman–Crippen MR) is 104 cm³/mol. The van der Waals surface area contributed by atoms with Crippen LogP contribution in [0.3, 0.4) is 0 Å². The molecule has 1 aromatic carbocycles. The second-order valence-electron chi connectivity index (χ2n) is 5.54. The van der Waals surface area contributed by atoms with Gasteiger partial charge in [-0.3, -0.25) is 4.72 Å². The van der Waals surface area contributed by atoms with E-state index in [0.717, 1.165) is 33.8 Å². The Kier molecular flexibility index (Phi) is 4.99. The molecule has 3 aromatic rings. The molecule has 0 aliphatic carbocycles. The maximum atomic E-state index is 12.3. The van der Waals surface area contributed by atoms with Crippen molar-refractivity contribution in [3.05, 3.63) is 64.1 Å². The number of sulfonamides is 1. The quantitative estimate of drug-likeness (QED) is 0.642. The van der Waals surface area contributed by atoms with E-state index in [0.29, 0.717) is 4.34 Å². The molecule has 0 spiro atoms. The number of benzene rings is 1. The molecule has 25 heavy (non-hydrogen) atoms. The molecule has 0 saturated heterocycles. The molecule has 8 heteroatoms. The SMILES string of the molecule is Cc1ccc(C)c(Nc2ccc(NS(=O)(=O)c3ccc(Cl)s3)nc2)c1. The molecule has 0 saturated carbocycles. The van der Waals surface area contributed by atoms with E-state index in [1.807, 2.05) is 32.0 Å². The van der Waals surface area contributed by atoms with Gasteiger partial charge in [0.05, 0.1) is 16.2 Å². The minimum atomic E-state index is -3.68. The summed E-state index contributed by atoms with van der Waals surface area (Å²) in [5, 5.41) is 3.28. The summed E-state index contributed by atoms with van der Waals surface area (Å²) >= 11 is 6.79. The number of rotatable bonds is 5. The molecule has 0 aliphatic rings. The number of anilines is 3. The molecular formula is C17H16ClN3O2S2. The first-order chi connectivity index (χ1) is 11.8. The summed E-state index contributed by atoms with van der Waals surface area (Å²) in [4.78, 5) is 4.16. The summed E-state index contributed by atoms with van der Waals surface area (Å²) in [6, 6.07) is 12.5. The minimum absolute atomic E-state index is 0.150. The third-order valence-electron chi connectivity index (χ3n) is 3.49. The van der Waals surface area contributed by atoms with Crippen LogP contribution >= 0.6 is 22.9 Å². The van der Waals surface area contributed by atoms with Gasteiger partial charge in [0, 0.05) is 5.69 Å². The van der Waals surface area contributed by atoms with Crippen molar-refractivity contribution in [3.8, 4) is 0 Å². The zero-order chi connectivity index (χ0) is 18.0. The first-order valence-corrected chi connectivity index (χ1v) is 10.1. The van der Waals surface area contributed by atoms with Gasteiger partial charge < -0.3 is 5.32 Å². The molecule has 5 nitrogen and oxygen atoms in total. The van der Waals surface area contributed by atoms with Gasteiger partial charge in [-0.15, -0.1) is 11.3 Å². The van der Waals surface area contributed by atoms with Crippen LogP contribution < -0.4 is 10.0 Å². The minimum Gasteiger partial charge on any atom is -0.354 e. The average molecular weight is 394 g/mol. The largest absolute Gasteiger partial charge is 0.354 e. The van der Waals surface area contributed by atoms with Gasteiger partial charge in [0.1, 0.15) is 10.0 Å². The van der Waals surface area contributed by atoms with Gasteiger partial charge in [-0.2, -0.15) is 0 Å². The standard InChI is InChI=1S/C17H16ClN3O2S2/c1-11-3-4-12(2)14(9-11)20-13-5-7-16(19-10-13)21-25(22,23)17-8-6-15(18)24-17/h3-10,20H,1-2H3,(H,19,21). The van der Waals surface area contributed by atoms with Crippen LogP contribution in [0, 0.1) is 13.8 Å². The topological polar surface area (TPSA) is 71.1 Å². The number of nitrogens with one attached hydrogen (secondary N) is 2. The lowest BCUT2D eigenvalue weighted by atomic mass is 10.1. The Morgan fingerprint density at radius 3 is 2.52 bits per heavy atom. The molecular weight excluding hydrogens is 378 g/mol. The second-order valence-corrected chi connectivity index (χ2v) is 9.16. The summed E-state index contributed by atoms with van der Waals surface area (Å²) in [5.74, 6) is 0.246. The molecule has 0 amide bonds. The van der Waals surface area contributed by atoms with E-state index < -0.39 is 10.0 Å². The molecule has 0 aliphatic heterocycles. The zero-order valence-electron chi connectivity index (χ0n) is 13.6. The van der Waals surface area contributed by atoms with Crippen LogP contribution in [0.2, 0.25) is 4.34 Å². The number of hydrogen-bond acceptors (Lipinski definition) is 5. The number of thiophene rings is 1. The molecule has 0 fully saturated rings.